The van der Waals surface area contributed by atoms with Crippen LogP contribution in [0.15, 0.2) is 12.3 Å². The maximum absolute atomic E-state index is 12.0. The van der Waals surface area contributed by atoms with Gasteiger partial charge in [0.25, 0.3) is 0 Å². The number of aromatic nitrogens is 2. The molecule has 0 aromatic carbocycles. The largest absolute Gasteiger partial charge is 0.311 e. The van der Waals surface area contributed by atoms with Gasteiger partial charge >= 0.3 is 0 Å². The Hall–Kier alpha value is -0.900. The van der Waals surface area contributed by atoms with Gasteiger partial charge in [0, 0.05) is 12.7 Å². The second-order valence-electron chi connectivity index (χ2n) is 4.12. The van der Waals surface area contributed by atoms with Crippen LogP contribution in [0.25, 0.3) is 0 Å². The Morgan fingerprint density at radius 3 is 3.00 bits per heavy atom. The Morgan fingerprint density at radius 1 is 1.53 bits per heavy atom. The third kappa shape index (κ3) is 4.93. The predicted molar refractivity (Wildman–Crippen MR) is 59.4 cm³/mol. The molecule has 0 unspecified atom stereocenters. The SMILES string of the molecule is CC(C)CCNCc1ccn(CCF)n1. The molecule has 1 aromatic heterocycles. The number of hydrogen-bond donors (Lipinski definition) is 1. The first kappa shape index (κ1) is 12.2. The number of nitrogens with zero attached hydrogens (tertiary/aromatic N) is 2. The van der Waals surface area contributed by atoms with E-state index in [9.17, 15) is 4.39 Å². The number of halogens is 1. The van der Waals surface area contributed by atoms with Gasteiger partial charge in [-0.2, -0.15) is 5.10 Å². The molecule has 0 saturated carbocycles. The van der Waals surface area contributed by atoms with Crippen molar-refractivity contribution in [1.29, 1.82) is 0 Å². The van der Waals surface area contributed by atoms with Gasteiger partial charge in [-0.15, -0.1) is 0 Å². The van der Waals surface area contributed by atoms with Crippen LogP contribution in [-0.4, -0.2) is 23.0 Å². The van der Waals surface area contributed by atoms with Gasteiger partial charge in [0.15, 0.2) is 0 Å². The molecular formula is C11H20FN3. The van der Waals surface area contributed by atoms with E-state index in [0.717, 1.165) is 24.7 Å². The summed E-state index contributed by atoms with van der Waals surface area (Å²) in [6.07, 6.45) is 2.99. The summed E-state index contributed by atoms with van der Waals surface area (Å²) in [5, 5.41) is 7.55. The molecule has 1 N–H and O–H groups in total. The molecule has 0 aliphatic carbocycles. The van der Waals surface area contributed by atoms with Gasteiger partial charge in [0.05, 0.1) is 12.2 Å². The Morgan fingerprint density at radius 2 is 2.33 bits per heavy atom. The van der Waals surface area contributed by atoms with Crippen molar-refractivity contribution in [3.63, 3.8) is 0 Å². The lowest BCUT2D eigenvalue weighted by Gasteiger charge is -2.04. The average Bonchev–Trinajstić information content (AvgIpc) is 2.61. The second-order valence-corrected chi connectivity index (χ2v) is 4.12. The van der Waals surface area contributed by atoms with E-state index in [1.165, 1.54) is 6.42 Å². The number of nitrogens with one attached hydrogen (secondary N) is 1. The van der Waals surface area contributed by atoms with Crippen LogP contribution < -0.4 is 5.32 Å². The maximum Gasteiger partial charge on any atom is 0.109 e. The molecule has 1 aromatic rings. The highest BCUT2D eigenvalue weighted by molar-refractivity contribution is 4.98. The summed E-state index contributed by atoms with van der Waals surface area (Å²) >= 11 is 0. The lowest BCUT2D eigenvalue weighted by atomic mass is 10.1. The Labute approximate surface area is 90.7 Å². The molecule has 0 radical (unpaired) electrons. The van der Waals surface area contributed by atoms with Gasteiger partial charge in [0.1, 0.15) is 6.67 Å². The summed E-state index contributed by atoms with van der Waals surface area (Å²) in [4.78, 5) is 0. The summed E-state index contributed by atoms with van der Waals surface area (Å²) in [6.45, 7) is 6.18. The Kier molecular flexibility index (Phi) is 5.32. The quantitative estimate of drug-likeness (QED) is 0.702. The molecule has 0 saturated heterocycles. The monoisotopic (exact) mass is 213 g/mol. The molecule has 1 rings (SSSR count). The first-order chi connectivity index (χ1) is 7.22. The molecular weight excluding hydrogens is 193 g/mol. The van der Waals surface area contributed by atoms with E-state index in [2.05, 4.69) is 24.3 Å². The fourth-order valence-electron chi connectivity index (χ4n) is 1.32. The molecule has 15 heavy (non-hydrogen) atoms. The molecule has 0 bridgehead atoms. The lowest BCUT2D eigenvalue weighted by Crippen LogP contribution is -2.16. The van der Waals surface area contributed by atoms with Crippen molar-refractivity contribution >= 4 is 0 Å². The molecule has 0 aliphatic heterocycles. The molecule has 0 aliphatic rings. The van der Waals surface area contributed by atoms with Gasteiger partial charge in [-0.1, -0.05) is 13.8 Å². The minimum Gasteiger partial charge on any atom is -0.311 e. The molecule has 86 valence electrons. The fraction of sp³-hybridized carbons (Fsp3) is 0.727. The van der Waals surface area contributed by atoms with Crippen LogP contribution in [0.1, 0.15) is 26.0 Å². The van der Waals surface area contributed by atoms with Crippen LogP contribution in [0.2, 0.25) is 0 Å². The highest BCUT2D eigenvalue weighted by atomic mass is 19.1. The lowest BCUT2D eigenvalue weighted by molar-refractivity contribution is 0.424. The van der Waals surface area contributed by atoms with E-state index >= 15 is 0 Å². The molecule has 0 amide bonds. The third-order valence-corrected chi connectivity index (χ3v) is 2.21. The maximum atomic E-state index is 12.0. The minimum absolute atomic E-state index is 0.353. The van der Waals surface area contributed by atoms with Crippen LogP contribution in [0.3, 0.4) is 0 Å². The topological polar surface area (TPSA) is 29.9 Å². The van der Waals surface area contributed by atoms with Crippen molar-refractivity contribution in [2.24, 2.45) is 5.92 Å². The van der Waals surface area contributed by atoms with Crippen LogP contribution >= 0.6 is 0 Å². The fourth-order valence-corrected chi connectivity index (χ4v) is 1.32. The van der Waals surface area contributed by atoms with Crippen molar-refractivity contribution in [1.82, 2.24) is 15.1 Å². The van der Waals surface area contributed by atoms with E-state index in [1.807, 2.05) is 12.3 Å². The molecule has 4 heteroatoms. The van der Waals surface area contributed by atoms with Gasteiger partial charge in [-0.3, -0.25) is 4.68 Å². The predicted octanol–water partition coefficient (Wildman–Crippen LogP) is 1.99. The van der Waals surface area contributed by atoms with Gasteiger partial charge in [0.2, 0.25) is 0 Å². The Balaban J connectivity index is 2.19. The van der Waals surface area contributed by atoms with Crippen molar-refractivity contribution in [2.75, 3.05) is 13.2 Å². The highest BCUT2D eigenvalue weighted by Gasteiger charge is 1.98. The summed E-state index contributed by atoms with van der Waals surface area (Å²) in [5.41, 5.74) is 0.979. The van der Waals surface area contributed by atoms with E-state index in [1.54, 1.807) is 4.68 Å². The van der Waals surface area contributed by atoms with Gasteiger partial charge in [-0.25, -0.2) is 4.39 Å². The van der Waals surface area contributed by atoms with Crippen molar-refractivity contribution in [2.45, 2.75) is 33.4 Å². The van der Waals surface area contributed by atoms with Crippen LogP contribution in [-0.2, 0) is 13.1 Å². The van der Waals surface area contributed by atoms with E-state index in [0.29, 0.717) is 6.54 Å². The van der Waals surface area contributed by atoms with Crippen LogP contribution in [0.5, 0.6) is 0 Å². The Bertz CT molecular complexity index is 271. The van der Waals surface area contributed by atoms with E-state index in [4.69, 9.17) is 0 Å². The summed E-state index contributed by atoms with van der Waals surface area (Å²) in [7, 11) is 0. The average molecular weight is 213 g/mol. The normalized spacial score (nSPS) is 11.2. The van der Waals surface area contributed by atoms with Crippen LogP contribution in [0, 0.1) is 5.92 Å². The summed E-state index contributed by atoms with van der Waals surface area (Å²) in [6, 6.07) is 1.93. The standard InChI is InChI=1S/C11H20FN3/c1-10(2)3-6-13-9-11-4-7-15(14-11)8-5-12/h4,7,10,13H,3,5-6,8-9H2,1-2H3. The third-order valence-electron chi connectivity index (χ3n) is 2.21. The zero-order chi connectivity index (χ0) is 11.1. The molecule has 0 fully saturated rings. The zero-order valence-electron chi connectivity index (χ0n) is 9.54. The first-order valence-corrected chi connectivity index (χ1v) is 5.51. The first-order valence-electron chi connectivity index (χ1n) is 5.51. The number of aryl methyl sites for hydroxylation is 1. The van der Waals surface area contributed by atoms with Crippen molar-refractivity contribution in [3.05, 3.63) is 18.0 Å². The van der Waals surface area contributed by atoms with Gasteiger partial charge in [-0.05, 0) is 24.9 Å². The molecule has 3 nitrogen and oxygen atoms in total. The molecule has 1 heterocycles. The minimum atomic E-state index is -0.359. The van der Waals surface area contributed by atoms with Crippen molar-refractivity contribution < 1.29 is 4.39 Å². The second kappa shape index (κ2) is 6.56. The summed E-state index contributed by atoms with van der Waals surface area (Å²) < 4.78 is 13.6. The summed E-state index contributed by atoms with van der Waals surface area (Å²) in [5.74, 6) is 0.724. The zero-order valence-corrected chi connectivity index (χ0v) is 9.54. The van der Waals surface area contributed by atoms with Gasteiger partial charge < -0.3 is 5.32 Å². The highest BCUT2D eigenvalue weighted by Crippen LogP contribution is 1.98. The molecule has 0 atom stereocenters. The number of hydrogen-bond acceptors (Lipinski definition) is 2. The van der Waals surface area contributed by atoms with Crippen molar-refractivity contribution in [3.8, 4) is 0 Å². The van der Waals surface area contributed by atoms with E-state index < -0.39 is 0 Å². The number of alkyl halides is 1. The molecule has 0 spiro atoms. The number of rotatable bonds is 7. The smallest absolute Gasteiger partial charge is 0.109 e. The van der Waals surface area contributed by atoms with Crippen LogP contribution in [0.4, 0.5) is 4.39 Å². The van der Waals surface area contributed by atoms with E-state index in [-0.39, 0.29) is 6.67 Å².